The third-order valence-electron chi connectivity index (χ3n) is 8.98. The zero-order valence-electron chi connectivity index (χ0n) is 28.0. The Balaban J connectivity index is 1.70. The topological polar surface area (TPSA) is 135 Å². The number of aliphatic hydroxyl groups is 1. The van der Waals surface area contributed by atoms with Crippen molar-refractivity contribution in [2.45, 2.75) is 74.8 Å². The van der Waals surface area contributed by atoms with E-state index in [1.807, 2.05) is 43.3 Å². The third-order valence-corrected chi connectivity index (χ3v) is 10.9. The second kappa shape index (κ2) is 17.8. The molecular formula is C36H50N2O9S. The monoisotopic (exact) mass is 686 g/mol. The van der Waals surface area contributed by atoms with Crippen LogP contribution in [0.2, 0.25) is 0 Å². The highest BCUT2D eigenvalue weighted by atomic mass is 32.2. The molecule has 4 rings (SSSR count). The number of ether oxygens (including phenoxy) is 4. The highest BCUT2D eigenvalue weighted by molar-refractivity contribution is 7.89. The zero-order chi connectivity index (χ0) is 34.7. The maximum atomic E-state index is 14.5. The van der Waals surface area contributed by atoms with Gasteiger partial charge in [0.15, 0.2) is 6.29 Å². The number of hydrogen-bond donors (Lipinski definition) is 2. The normalized spacial score (nSPS) is 20.9. The summed E-state index contributed by atoms with van der Waals surface area (Å²) < 4.78 is 53.2. The lowest BCUT2D eigenvalue weighted by atomic mass is 9.93. The van der Waals surface area contributed by atoms with Crippen LogP contribution in [0.5, 0.6) is 11.5 Å². The van der Waals surface area contributed by atoms with Crippen molar-refractivity contribution in [3.8, 4) is 11.5 Å². The van der Waals surface area contributed by atoms with Gasteiger partial charge < -0.3 is 29.2 Å². The second-order valence-corrected chi connectivity index (χ2v) is 14.4. The molecule has 1 unspecified atom stereocenters. The van der Waals surface area contributed by atoms with Gasteiger partial charge >= 0.3 is 6.09 Å². The molecule has 2 fully saturated rings. The largest absolute Gasteiger partial charge is 0.497 e. The van der Waals surface area contributed by atoms with Crippen molar-refractivity contribution in [1.29, 1.82) is 0 Å². The molecule has 2 aromatic carbocycles. The first-order valence-electron chi connectivity index (χ1n) is 16.6. The van der Waals surface area contributed by atoms with Crippen molar-refractivity contribution in [2.24, 2.45) is 11.8 Å². The van der Waals surface area contributed by atoms with Crippen molar-refractivity contribution in [3.63, 3.8) is 0 Å². The summed E-state index contributed by atoms with van der Waals surface area (Å²) in [7, 11) is -2.77. The summed E-state index contributed by atoms with van der Waals surface area (Å²) in [5, 5.41) is 22.6. The van der Waals surface area contributed by atoms with E-state index in [-0.39, 0.29) is 48.6 Å². The van der Waals surface area contributed by atoms with E-state index >= 15 is 0 Å². The smallest absolute Gasteiger partial charge is 0.407 e. The Bertz CT molecular complexity index is 1450. The number of benzene rings is 2. The van der Waals surface area contributed by atoms with Crippen LogP contribution in [-0.2, 0) is 25.9 Å². The minimum atomic E-state index is -4.27. The molecule has 0 saturated carbocycles. The summed E-state index contributed by atoms with van der Waals surface area (Å²) in [5.41, 5.74) is 0.808. The lowest BCUT2D eigenvalue weighted by Gasteiger charge is -2.39. The molecule has 2 heterocycles. The highest BCUT2D eigenvalue weighted by Gasteiger charge is 2.49. The number of sulfonamides is 1. The van der Waals surface area contributed by atoms with Crippen LogP contribution in [0.4, 0.5) is 4.79 Å². The van der Waals surface area contributed by atoms with E-state index in [0.717, 1.165) is 18.4 Å². The lowest BCUT2D eigenvalue weighted by Crippen LogP contribution is -2.57. The number of aliphatic hydroxyl groups excluding tert-OH is 1. The van der Waals surface area contributed by atoms with Gasteiger partial charge in [0.1, 0.15) is 16.4 Å². The Morgan fingerprint density at radius 2 is 1.88 bits per heavy atom. The third kappa shape index (κ3) is 9.38. The van der Waals surface area contributed by atoms with Crippen LogP contribution < -0.4 is 9.47 Å². The van der Waals surface area contributed by atoms with Crippen molar-refractivity contribution in [3.05, 3.63) is 79.4 Å². The fourth-order valence-corrected chi connectivity index (χ4v) is 8.19. The molecule has 2 saturated heterocycles. The van der Waals surface area contributed by atoms with E-state index in [1.54, 1.807) is 18.2 Å². The van der Waals surface area contributed by atoms with E-state index < -0.39 is 40.6 Å². The molecule has 48 heavy (non-hydrogen) atoms. The predicted molar refractivity (Wildman–Crippen MR) is 183 cm³/mol. The number of fused-ring (bicyclic) bond motifs is 1. The van der Waals surface area contributed by atoms with Crippen molar-refractivity contribution in [2.75, 3.05) is 40.0 Å². The summed E-state index contributed by atoms with van der Waals surface area (Å²) in [6.45, 7) is 10.0. The highest BCUT2D eigenvalue weighted by Crippen LogP contribution is 2.37. The molecule has 2 N–H and O–H groups in total. The van der Waals surface area contributed by atoms with Crippen LogP contribution in [-0.4, -0.2) is 98.4 Å². The number of carbonyl (C=O) groups is 1. The Labute approximate surface area is 284 Å². The minimum absolute atomic E-state index is 0.0603. The molecule has 2 aliphatic heterocycles. The van der Waals surface area contributed by atoms with Gasteiger partial charge in [-0.3, -0.25) is 4.90 Å². The van der Waals surface area contributed by atoms with Crippen molar-refractivity contribution >= 4 is 16.1 Å². The Hall–Kier alpha value is -3.42. The number of carboxylic acid groups (broad SMARTS) is 1. The van der Waals surface area contributed by atoms with Gasteiger partial charge in [-0.05, 0) is 62.1 Å². The SMILES string of the molecule is C=CCCCCOc1cc(OC)ccc1S(=O)(=O)N(CC(C)CC=C)C[C@@H](O)[C@H](Cc1ccccc1)N(C(=O)O)[C@H]1CO[C@H]2OCC[C@H]21. The number of allylic oxidation sites excluding steroid dienone is 2. The second-order valence-electron chi connectivity index (χ2n) is 12.5. The molecule has 0 aliphatic carbocycles. The van der Waals surface area contributed by atoms with Gasteiger partial charge in [-0.2, -0.15) is 4.31 Å². The van der Waals surface area contributed by atoms with Gasteiger partial charge in [-0.1, -0.05) is 49.4 Å². The number of amides is 1. The molecule has 6 atom stereocenters. The van der Waals surface area contributed by atoms with Crippen LogP contribution in [0.1, 0.15) is 44.6 Å². The first kappa shape index (κ1) is 37.4. The van der Waals surface area contributed by atoms with Crippen LogP contribution in [0.25, 0.3) is 0 Å². The van der Waals surface area contributed by atoms with Gasteiger partial charge in [0.25, 0.3) is 0 Å². The molecule has 11 nitrogen and oxygen atoms in total. The zero-order valence-corrected chi connectivity index (χ0v) is 28.8. The van der Waals surface area contributed by atoms with Gasteiger partial charge in [-0.15, -0.1) is 13.2 Å². The first-order valence-corrected chi connectivity index (χ1v) is 18.0. The van der Waals surface area contributed by atoms with Crippen LogP contribution in [0, 0.1) is 11.8 Å². The number of hydrogen-bond acceptors (Lipinski definition) is 8. The van der Waals surface area contributed by atoms with E-state index in [9.17, 15) is 23.4 Å². The van der Waals surface area contributed by atoms with E-state index in [4.69, 9.17) is 18.9 Å². The molecule has 0 aromatic heterocycles. The standard InChI is InChI=1S/C36H50N2O9S/c1-5-7-8-12-19-45-33-22-28(44-4)16-17-34(33)48(42,43)37(23-26(3)13-6-2)24-32(39)30(21-27-14-10-9-11-15-27)38(36(40)41)31-25-47-35-29(31)18-20-46-35/h5-6,9-11,14-17,22,26,29-32,35,39H,1-2,7-8,12-13,18-21,23-25H2,3-4H3,(H,40,41)/t26?,29-,30-,31-,32+,35+/m0/s1. The fraction of sp³-hybridized carbons (Fsp3) is 0.528. The summed E-state index contributed by atoms with van der Waals surface area (Å²) in [6, 6.07) is 12.3. The molecule has 0 radical (unpaired) electrons. The van der Waals surface area contributed by atoms with Crippen LogP contribution in [0.3, 0.4) is 0 Å². The first-order chi connectivity index (χ1) is 23.1. The summed E-state index contributed by atoms with van der Waals surface area (Å²) in [5.74, 6) is 0.250. The van der Waals surface area contributed by atoms with Crippen LogP contribution >= 0.6 is 0 Å². The maximum absolute atomic E-state index is 14.5. The molecule has 12 heteroatoms. The predicted octanol–water partition coefficient (Wildman–Crippen LogP) is 5.35. The average Bonchev–Trinajstić information content (AvgIpc) is 3.69. The van der Waals surface area contributed by atoms with E-state index in [0.29, 0.717) is 38.2 Å². The van der Waals surface area contributed by atoms with Crippen molar-refractivity contribution < 1.29 is 42.4 Å². The molecule has 2 aromatic rings. The summed E-state index contributed by atoms with van der Waals surface area (Å²) >= 11 is 0. The van der Waals surface area contributed by atoms with Crippen molar-refractivity contribution in [1.82, 2.24) is 9.21 Å². The van der Waals surface area contributed by atoms with Gasteiger partial charge in [0.05, 0.1) is 45.1 Å². The van der Waals surface area contributed by atoms with Gasteiger partial charge in [0.2, 0.25) is 10.0 Å². The minimum Gasteiger partial charge on any atom is -0.497 e. The summed E-state index contributed by atoms with van der Waals surface area (Å²) in [6.07, 6.45) is 4.12. The molecular weight excluding hydrogens is 636 g/mol. The van der Waals surface area contributed by atoms with E-state index in [2.05, 4.69) is 13.2 Å². The summed E-state index contributed by atoms with van der Waals surface area (Å²) in [4.78, 5) is 14.2. The van der Waals surface area contributed by atoms with Gasteiger partial charge in [-0.25, -0.2) is 13.2 Å². The quantitative estimate of drug-likeness (QED) is 0.140. The number of nitrogens with zero attached hydrogens (tertiary/aromatic N) is 2. The number of methoxy groups -OCH3 is 1. The van der Waals surface area contributed by atoms with E-state index in [1.165, 1.54) is 22.4 Å². The fourth-order valence-electron chi connectivity index (χ4n) is 6.50. The molecule has 1 amide bonds. The lowest BCUT2D eigenvalue weighted by molar-refractivity contribution is -0.0906. The molecule has 2 aliphatic rings. The molecule has 0 spiro atoms. The Morgan fingerprint density at radius 3 is 2.56 bits per heavy atom. The molecule has 0 bridgehead atoms. The van der Waals surface area contributed by atoms with Gasteiger partial charge in [0, 0.05) is 25.1 Å². The Morgan fingerprint density at radius 1 is 1.10 bits per heavy atom. The average molecular weight is 687 g/mol. The maximum Gasteiger partial charge on any atom is 0.407 e. The van der Waals surface area contributed by atoms with Crippen LogP contribution in [0.15, 0.2) is 78.7 Å². The molecule has 264 valence electrons. The number of unbranched alkanes of at least 4 members (excludes halogenated alkanes) is 2. The Kier molecular flexibility index (Phi) is 13.9. The number of rotatable bonds is 20.